The molecule has 1 aromatic heterocycles. The zero-order chi connectivity index (χ0) is 11.8. The molecule has 0 aliphatic heterocycles. The van der Waals surface area contributed by atoms with Crippen LogP contribution in [-0.2, 0) is 0 Å². The zero-order valence-electron chi connectivity index (χ0n) is 8.48. The molecule has 0 bridgehead atoms. The highest BCUT2D eigenvalue weighted by atomic mass is 35.5. The maximum Gasteiger partial charge on any atom is 0.133 e. The normalized spacial score (nSPS) is 11.8. The minimum absolute atomic E-state index is 0.110. The van der Waals surface area contributed by atoms with Gasteiger partial charge >= 0.3 is 0 Å². The molecule has 1 aromatic rings. The van der Waals surface area contributed by atoms with Crippen LogP contribution in [0.5, 0.6) is 0 Å². The summed E-state index contributed by atoms with van der Waals surface area (Å²) >= 11 is 7.10. The van der Waals surface area contributed by atoms with Crippen molar-refractivity contribution in [3.05, 3.63) is 34.3 Å². The summed E-state index contributed by atoms with van der Waals surface area (Å²) in [6.07, 6.45) is 1.40. The van der Waals surface area contributed by atoms with Gasteiger partial charge in [0.1, 0.15) is 11.7 Å². The average Bonchev–Trinajstić information content (AvgIpc) is 2.77. The first kappa shape index (κ1) is 12.5. The van der Waals surface area contributed by atoms with Gasteiger partial charge in [-0.05, 0) is 24.1 Å². The molecule has 0 aliphatic rings. The van der Waals surface area contributed by atoms with Crippen molar-refractivity contribution in [1.29, 1.82) is 0 Å². The predicted molar refractivity (Wildman–Crippen MR) is 71.2 cm³/mol. The largest absolute Gasteiger partial charge is 0.395 e. The number of nitrogens with two attached hydrogens (primary N) is 1. The summed E-state index contributed by atoms with van der Waals surface area (Å²) < 4.78 is 0. The van der Waals surface area contributed by atoms with Crippen LogP contribution in [0.15, 0.2) is 38.7 Å². The SMILES string of the molecule is C=N/C=C(N)\C(C#Cc1ccsc1)=N/CCl. The molecule has 16 heavy (non-hydrogen) atoms. The molecule has 0 amide bonds. The highest BCUT2D eigenvalue weighted by Gasteiger charge is 1.97. The Bertz CT molecular complexity index is 463. The molecule has 1 rings (SSSR count). The third-order valence-corrected chi connectivity index (χ3v) is 2.37. The summed E-state index contributed by atoms with van der Waals surface area (Å²) in [5.74, 6) is 5.79. The first-order chi connectivity index (χ1) is 7.77. The van der Waals surface area contributed by atoms with Crippen LogP contribution < -0.4 is 5.73 Å². The van der Waals surface area contributed by atoms with Crippen LogP contribution in [0.25, 0.3) is 0 Å². The topological polar surface area (TPSA) is 50.7 Å². The fourth-order valence-corrected chi connectivity index (χ4v) is 1.60. The average molecular weight is 252 g/mol. The molecule has 5 heteroatoms. The van der Waals surface area contributed by atoms with Crippen LogP contribution in [0.3, 0.4) is 0 Å². The number of nitrogens with zero attached hydrogens (tertiary/aromatic N) is 2. The van der Waals surface area contributed by atoms with Gasteiger partial charge in [0.15, 0.2) is 0 Å². The van der Waals surface area contributed by atoms with Crippen LogP contribution in [-0.4, -0.2) is 18.4 Å². The molecule has 0 spiro atoms. The van der Waals surface area contributed by atoms with Crippen molar-refractivity contribution in [2.75, 3.05) is 6.00 Å². The first-order valence-corrected chi connectivity index (χ1v) is 5.82. The lowest BCUT2D eigenvalue weighted by molar-refractivity contribution is 1.32. The summed E-state index contributed by atoms with van der Waals surface area (Å²) in [6.45, 7) is 3.31. The van der Waals surface area contributed by atoms with Crippen LogP contribution in [0.2, 0.25) is 0 Å². The van der Waals surface area contributed by atoms with Gasteiger partial charge in [-0.3, -0.25) is 9.98 Å². The number of aliphatic imine (C=N–C) groups is 2. The second-order valence-electron chi connectivity index (χ2n) is 2.66. The van der Waals surface area contributed by atoms with Crippen molar-refractivity contribution in [1.82, 2.24) is 0 Å². The molecule has 3 nitrogen and oxygen atoms in total. The van der Waals surface area contributed by atoms with Gasteiger partial charge in [0.25, 0.3) is 0 Å². The molecule has 82 valence electrons. The van der Waals surface area contributed by atoms with Crippen LogP contribution >= 0.6 is 22.9 Å². The van der Waals surface area contributed by atoms with E-state index in [2.05, 4.69) is 28.5 Å². The Morgan fingerprint density at radius 1 is 1.69 bits per heavy atom. The lowest BCUT2D eigenvalue weighted by atomic mass is 10.2. The highest BCUT2D eigenvalue weighted by Crippen LogP contribution is 2.03. The van der Waals surface area contributed by atoms with Gasteiger partial charge in [-0.25, -0.2) is 0 Å². The van der Waals surface area contributed by atoms with Gasteiger partial charge in [0.05, 0.1) is 11.9 Å². The van der Waals surface area contributed by atoms with Crippen LogP contribution in [0.1, 0.15) is 5.56 Å². The van der Waals surface area contributed by atoms with Gasteiger partial charge in [-0.2, -0.15) is 11.3 Å². The Hall–Kier alpha value is -1.57. The fraction of sp³-hybridized carbons (Fsp3) is 0.0909. The summed E-state index contributed by atoms with van der Waals surface area (Å²) in [5, 5.41) is 3.89. The van der Waals surface area contributed by atoms with Gasteiger partial charge in [-0.15, -0.1) is 11.6 Å². The summed E-state index contributed by atoms with van der Waals surface area (Å²) in [4.78, 5) is 7.53. The van der Waals surface area contributed by atoms with E-state index in [0.29, 0.717) is 11.4 Å². The molecule has 0 aromatic carbocycles. The minimum Gasteiger partial charge on any atom is -0.395 e. The molecule has 0 atom stereocenters. The third kappa shape index (κ3) is 3.89. The van der Waals surface area contributed by atoms with E-state index >= 15 is 0 Å². The van der Waals surface area contributed by atoms with Crippen molar-refractivity contribution in [3.8, 4) is 11.8 Å². The predicted octanol–water partition coefficient (Wildman–Crippen LogP) is 2.24. The minimum atomic E-state index is 0.110. The number of allylic oxidation sites excluding steroid dienone is 1. The molecule has 2 N–H and O–H groups in total. The molecule has 0 aliphatic carbocycles. The van der Waals surface area contributed by atoms with Gasteiger partial charge in [-0.1, -0.05) is 5.92 Å². The molecular formula is C11H10ClN3S. The Balaban J connectivity index is 2.93. The zero-order valence-corrected chi connectivity index (χ0v) is 10.1. The van der Waals surface area contributed by atoms with Crippen molar-refractivity contribution >= 4 is 35.4 Å². The van der Waals surface area contributed by atoms with Crippen molar-refractivity contribution in [2.45, 2.75) is 0 Å². The highest BCUT2D eigenvalue weighted by molar-refractivity contribution is 7.08. The number of alkyl halides is 1. The van der Waals surface area contributed by atoms with Crippen molar-refractivity contribution < 1.29 is 0 Å². The Labute approximate surface area is 103 Å². The molecule has 0 radical (unpaired) electrons. The van der Waals surface area contributed by atoms with Crippen molar-refractivity contribution in [2.24, 2.45) is 15.7 Å². The smallest absolute Gasteiger partial charge is 0.133 e. The number of hydrogen-bond acceptors (Lipinski definition) is 4. The third-order valence-electron chi connectivity index (χ3n) is 1.57. The van der Waals surface area contributed by atoms with Gasteiger partial charge in [0, 0.05) is 10.9 Å². The van der Waals surface area contributed by atoms with E-state index in [1.54, 1.807) is 11.3 Å². The number of thiophene rings is 1. The van der Waals surface area contributed by atoms with E-state index in [0.717, 1.165) is 5.56 Å². The van der Waals surface area contributed by atoms with Crippen LogP contribution in [0.4, 0.5) is 0 Å². The summed E-state index contributed by atoms with van der Waals surface area (Å²) in [6, 6.07) is 2.03. The quantitative estimate of drug-likeness (QED) is 0.381. The summed E-state index contributed by atoms with van der Waals surface area (Å²) in [5.41, 5.74) is 7.40. The lowest BCUT2D eigenvalue weighted by Crippen LogP contribution is -2.09. The monoisotopic (exact) mass is 251 g/mol. The molecule has 0 saturated carbocycles. The summed E-state index contributed by atoms with van der Waals surface area (Å²) in [7, 11) is 0. The molecule has 0 saturated heterocycles. The van der Waals surface area contributed by atoms with Crippen molar-refractivity contribution in [3.63, 3.8) is 0 Å². The first-order valence-electron chi connectivity index (χ1n) is 4.34. The Morgan fingerprint density at radius 3 is 3.06 bits per heavy atom. The van der Waals surface area contributed by atoms with E-state index in [9.17, 15) is 0 Å². The maximum atomic E-state index is 5.69. The standard InChI is InChI=1S/C11H10ClN3S/c1-14-6-10(13)11(15-8-12)3-2-9-4-5-16-7-9/h4-7H,1,8,13H2/b10-6+,15-11-. The van der Waals surface area contributed by atoms with E-state index in [4.69, 9.17) is 17.3 Å². The maximum absolute atomic E-state index is 5.69. The van der Waals surface area contributed by atoms with Gasteiger partial charge < -0.3 is 5.73 Å². The molecule has 0 fully saturated rings. The van der Waals surface area contributed by atoms with E-state index < -0.39 is 0 Å². The molecule has 0 unspecified atom stereocenters. The second-order valence-corrected chi connectivity index (χ2v) is 3.67. The number of halogens is 1. The molecule has 1 heterocycles. The second kappa shape index (κ2) is 6.83. The Kier molecular flexibility index (Phi) is 5.34. The number of hydrogen-bond donors (Lipinski definition) is 1. The van der Waals surface area contributed by atoms with E-state index in [1.165, 1.54) is 6.20 Å². The Morgan fingerprint density at radius 2 is 2.50 bits per heavy atom. The fourth-order valence-electron chi connectivity index (χ4n) is 0.889. The van der Waals surface area contributed by atoms with Gasteiger partial charge in [0.2, 0.25) is 0 Å². The van der Waals surface area contributed by atoms with E-state index in [-0.39, 0.29) is 6.00 Å². The lowest BCUT2D eigenvalue weighted by Gasteiger charge is -1.95. The molecular weight excluding hydrogens is 242 g/mol. The van der Waals surface area contributed by atoms with Crippen LogP contribution in [0, 0.1) is 11.8 Å². The number of rotatable bonds is 3. The van der Waals surface area contributed by atoms with E-state index in [1.807, 2.05) is 16.8 Å².